The van der Waals surface area contributed by atoms with Crippen LogP contribution in [0.2, 0.25) is 0 Å². The third-order valence-corrected chi connectivity index (χ3v) is 4.66. The minimum absolute atomic E-state index is 0.569. The van der Waals surface area contributed by atoms with Crippen molar-refractivity contribution in [2.45, 2.75) is 69.3 Å². The molecular weight excluding hydrogens is 252 g/mol. The van der Waals surface area contributed by atoms with E-state index in [1.807, 2.05) is 11.8 Å². The molecule has 1 aromatic rings. The van der Waals surface area contributed by atoms with Gasteiger partial charge in [-0.2, -0.15) is 0 Å². The molecule has 3 heteroatoms. The van der Waals surface area contributed by atoms with Crippen LogP contribution in [0.4, 0.5) is 0 Å². The molecule has 0 bridgehead atoms. The zero-order valence-electron chi connectivity index (χ0n) is 12.6. The summed E-state index contributed by atoms with van der Waals surface area (Å²) < 4.78 is 0. The van der Waals surface area contributed by atoms with Gasteiger partial charge in [-0.1, -0.05) is 26.3 Å². The van der Waals surface area contributed by atoms with Crippen molar-refractivity contribution in [1.29, 1.82) is 0 Å². The zero-order chi connectivity index (χ0) is 13.8. The van der Waals surface area contributed by atoms with Gasteiger partial charge >= 0.3 is 0 Å². The summed E-state index contributed by atoms with van der Waals surface area (Å²) in [4.78, 5) is 7.24. The number of piperidine rings is 1. The number of nitrogens with zero attached hydrogens (tertiary/aromatic N) is 2. The second-order valence-electron chi connectivity index (χ2n) is 5.94. The van der Waals surface area contributed by atoms with Gasteiger partial charge in [0.15, 0.2) is 0 Å². The predicted molar refractivity (Wildman–Crippen MR) is 83.7 cm³/mol. The molecule has 2 nitrogen and oxygen atoms in total. The molecule has 106 valence electrons. The minimum atomic E-state index is 0.569. The molecule has 1 aromatic heterocycles. The second kappa shape index (κ2) is 6.76. The van der Waals surface area contributed by atoms with Crippen molar-refractivity contribution < 1.29 is 0 Å². The molecule has 1 fully saturated rings. The summed E-state index contributed by atoms with van der Waals surface area (Å²) in [5.74, 6) is 0. The van der Waals surface area contributed by atoms with Crippen LogP contribution in [0.15, 0.2) is 23.4 Å². The quantitative estimate of drug-likeness (QED) is 0.753. The van der Waals surface area contributed by atoms with E-state index in [0.29, 0.717) is 17.3 Å². The highest BCUT2D eigenvalue weighted by Gasteiger charge is 2.25. The molecular formula is C16H26N2S. The van der Waals surface area contributed by atoms with Gasteiger partial charge in [-0.25, -0.2) is 4.98 Å². The van der Waals surface area contributed by atoms with Crippen molar-refractivity contribution in [3.63, 3.8) is 0 Å². The van der Waals surface area contributed by atoms with E-state index in [1.165, 1.54) is 31.4 Å². The number of likely N-dealkylation sites (tertiary alicyclic amines) is 1. The van der Waals surface area contributed by atoms with Crippen LogP contribution in [-0.4, -0.2) is 27.7 Å². The molecule has 1 aliphatic heterocycles. The lowest BCUT2D eigenvalue weighted by atomic mass is 9.95. The molecule has 1 aliphatic rings. The largest absolute Gasteiger partial charge is 0.294 e. The first kappa shape index (κ1) is 14.9. The maximum atomic E-state index is 4.62. The SMILES string of the molecule is CC(C)Sc1ccc([C@@H]2CCCCN2C(C)C)cn1. The molecule has 2 heterocycles. The van der Waals surface area contributed by atoms with Crippen molar-refractivity contribution in [2.75, 3.05) is 6.54 Å². The van der Waals surface area contributed by atoms with Gasteiger partial charge in [-0.05, 0) is 44.9 Å². The van der Waals surface area contributed by atoms with E-state index in [9.17, 15) is 0 Å². The Bertz CT molecular complexity index is 386. The van der Waals surface area contributed by atoms with Gasteiger partial charge in [-0.3, -0.25) is 4.90 Å². The highest BCUT2D eigenvalue weighted by atomic mass is 32.2. The molecule has 0 unspecified atom stereocenters. The molecule has 0 saturated carbocycles. The van der Waals surface area contributed by atoms with Crippen LogP contribution in [0.1, 0.15) is 58.6 Å². The Morgan fingerprint density at radius 2 is 2.00 bits per heavy atom. The fourth-order valence-corrected chi connectivity index (χ4v) is 3.57. The third-order valence-electron chi connectivity index (χ3n) is 3.71. The average Bonchev–Trinajstić information content (AvgIpc) is 2.39. The fraction of sp³-hybridized carbons (Fsp3) is 0.688. The van der Waals surface area contributed by atoms with Gasteiger partial charge in [0.05, 0.1) is 5.03 Å². The van der Waals surface area contributed by atoms with Crippen molar-refractivity contribution in [3.05, 3.63) is 23.9 Å². The molecule has 0 aromatic carbocycles. The monoisotopic (exact) mass is 278 g/mol. The number of pyridine rings is 1. The third kappa shape index (κ3) is 3.96. The minimum Gasteiger partial charge on any atom is -0.294 e. The Morgan fingerprint density at radius 1 is 1.21 bits per heavy atom. The molecule has 1 atom stereocenters. The number of thioether (sulfide) groups is 1. The van der Waals surface area contributed by atoms with Gasteiger partial charge < -0.3 is 0 Å². The molecule has 0 spiro atoms. The number of hydrogen-bond acceptors (Lipinski definition) is 3. The van der Waals surface area contributed by atoms with Gasteiger partial charge in [0.1, 0.15) is 0 Å². The van der Waals surface area contributed by atoms with Gasteiger partial charge in [0.2, 0.25) is 0 Å². The topological polar surface area (TPSA) is 16.1 Å². The highest BCUT2D eigenvalue weighted by Crippen LogP contribution is 2.32. The van der Waals surface area contributed by atoms with E-state index in [4.69, 9.17) is 0 Å². The second-order valence-corrected chi connectivity index (χ2v) is 7.54. The molecule has 2 rings (SSSR count). The standard InChI is InChI=1S/C16H26N2S/c1-12(2)18-10-6-5-7-15(18)14-8-9-16(17-11-14)19-13(3)4/h8-9,11-13,15H,5-7,10H2,1-4H3/t15-/m0/s1. The molecule has 0 radical (unpaired) electrons. The van der Waals surface area contributed by atoms with E-state index in [2.05, 4.69) is 55.9 Å². The van der Waals surface area contributed by atoms with E-state index >= 15 is 0 Å². The van der Waals surface area contributed by atoms with Crippen LogP contribution >= 0.6 is 11.8 Å². The first-order valence-corrected chi connectivity index (χ1v) is 8.34. The normalized spacial score (nSPS) is 21.3. The van der Waals surface area contributed by atoms with Crippen LogP contribution in [0.3, 0.4) is 0 Å². The Hall–Kier alpha value is -0.540. The lowest BCUT2D eigenvalue weighted by Crippen LogP contribution is -2.38. The maximum Gasteiger partial charge on any atom is 0.0962 e. The number of aromatic nitrogens is 1. The lowest BCUT2D eigenvalue weighted by Gasteiger charge is -2.38. The van der Waals surface area contributed by atoms with Crippen LogP contribution in [0, 0.1) is 0 Å². The van der Waals surface area contributed by atoms with Gasteiger partial charge in [-0.15, -0.1) is 11.8 Å². The van der Waals surface area contributed by atoms with Crippen LogP contribution in [0.25, 0.3) is 0 Å². The summed E-state index contributed by atoms with van der Waals surface area (Å²) in [6.07, 6.45) is 6.05. The first-order chi connectivity index (χ1) is 9.08. The average molecular weight is 278 g/mol. The predicted octanol–water partition coefficient (Wildman–Crippen LogP) is 4.52. The van der Waals surface area contributed by atoms with E-state index in [1.54, 1.807) is 0 Å². The van der Waals surface area contributed by atoms with Crippen molar-refractivity contribution in [1.82, 2.24) is 9.88 Å². The van der Waals surface area contributed by atoms with Gasteiger partial charge in [0, 0.05) is 23.5 Å². The van der Waals surface area contributed by atoms with Crippen molar-refractivity contribution in [3.8, 4) is 0 Å². The Morgan fingerprint density at radius 3 is 2.58 bits per heavy atom. The number of hydrogen-bond donors (Lipinski definition) is 0. The summed E-state index contributed by atoms with van der Waals surface area (Å²) in [6.45, 7) is 10.2. The maximum absolute atomic E-state index is 4.62. The smallest absolute Gasteiger partial charge is 0.0962 e. The summed E-state index contributed by atoms with van der Waals surface area (Å²) in [5.41, 5.74) is 1.39. The van der Waals surface area contributed by atoms with Crippen LogP contribution in [-0.2, 0) is 0 Å². The zero-order valence-corrected chi connectivity index (χ0v) is 13.4. The molecule has 0 aliphatic carbocycles. The lowest BCUT2D eigenvalue weighted by molar-refractivity contribution is 0.112. The van der Waals surface area contributed by atoms with Crippen molar-refractivity contribution in [2.24, 2.45) is 0 Å². The fourth-order valence-electron chi connectivity index (χ4n) is 2.83. The van der Waals surface area contributed by atoms with E-state index < -0.39 is 0 Å². The number of rotatable bonds is 4. The molecule has 1 saturated heterocycles. The summed E-state index contributed by atoms with van der Waals surface area (Å²) in [5, 5.41) is 1.74. The van der Waals surface area contributed by atoms with E-state index in [-0.39, 0.29) is 0 Å². The van der Waals surface area contributed by atoms with Crippen molar-refractivity contribution >= 4 is 11.8 Å². The Balaban J connectivity index is 2.11. The Labute approximate surface area is 122 Å². The highest BCUT2D eigenvalue weighted by molar-refractivity contribution is 7.99. The van der Waals surface area contributed by atoms with Gasteiger partial charge in [0.25, 0.3) is 0 Å². The molecule has 0 amide bonds. The Kier molecular flexibility index (Phi) is 5.28. The summed E-state index contributed by atoms with van der Waals surface area (Å²) in [7, 11) is 0. The van der Waals surface area contributed by atoms with Crippen LogP contribution in [0.5, 0.6) is 0 Å². The summed E-state index contributed by atoms with van der Waals surface area (Å²) >= 11 is 1.84. The first-order valence-electron chi connectivity index (χ1n) is 7.46. The van der Waals surface area contributed by atoms with Crippen LogP contribution < -0.4 is 0 Å². The molecule has 0 N–H and O–H groups in total. The molecule has 19 heavy (non-hydrogen) atoms. The summed E-state index contributed by atoms with van der Waals surface area (Å²) in [6, 6.07) is 5.66. The van der Waals surface area contributed by atoms with E-state index in [0.717, 1.165) is 5.03 Å².